The van der Waals surface area contributed by atoms with Crippen LogP contribution >= 0.6 is 0 Å². The predicted molar refractivity (Wildman–Crippen MR) is 107 cm³/mol. The lowest BCUT2D eigenvalue weighted by Crippen LogP contribution is -2.25. The van der Waals surface area contributed by atoms with E-state index in [1.165, 1.54) is 10.9 Å². The molecule has 1 aromatic heterocycles. The number of para-hydroxylation sites is 1. The molecular weight excluding hydrogens is 338 g/mol. The number of nitrogens with zero attached hydrogens (tertiary/aromatic N) is 1. The van der Waals surface area contributed by atoms with E-state index in [9.17, 15) is 9.59 Å². The second kappa shape index (κ2) is 7.66. The van der Waals surface area contributed by atoms with Crippen LogP contribution < -0.4 is 10.6 Å². The van der Waals surface area contributed by atoms with Gasteiger partial charge < -0.3 is 15.2 Å². The van der Waals surface area contributed by atoms with E-state index in [2.05, 4.69) is 39.6 Å². The van der Waals surface area contributed by atoms with E-state index in [4.69, 9.17) is 0 Å². The van der Waals surface area contributed by atoms with E-state index < -0.39 is 0 Å². The molecule has 1 aliphatic carbocycles. The second-order valence-electron chi connectivity index (χ2n) is 7.02. The first-order valence-electron chi connectivity index (χ1n) is 9.44. The lowest BCUT2D eigenvalue weighted by Gasteiger charge is -2.08. The molecule has 2 N–H and O–H groups in total. The molecule has 0 spiro atoms. The molecular formula is C22H23N3O2. The maximum absolute atomic E-state index is 12.3. The average Bonchev–Trinajstić information content (AvgIpc) is 3.47. The number of carbonyl (C=O) groups is 2. The average molecular weight is 361 g/mol. The van der Waals surface area contributed by atoms with Crippen molar-refractivity contribution in [3.05, 3.63) is 66.4 Å². The van der Waals surface area contributed by atoms with Crippen LogP contribution in [0.15, 0.2) is 60.8 Å². The maximum atomic E-state index is 12.3. The third-order valence-corrected chi connectivity index (χ3v) is 4.90. The van der Waals surface area contributed by atoms with Crippen molar-refractivity contribution in [3.63, 3.8) is 0 Å². The first-order chi connectivity index (χ1) is 13.2. The molecule has 5 nitrogen and oxygen atoms in total. The lowest BCUT2D eigenvalue weighted by atomic mass is 10.2. The smallest absolute Gasteiger partial charge is 0.251 e. The number of hydrogen-bond acceptors (Lipinski definition) is 2. The van der Waals surface area contributed by atoms with Crippen molar-refractivity contribution in [3.8, 4) is 0 Å². The van der Waals surface area contributed by atoms with Gasteiger partial charge in [-0.15, -0.1) is 0 Å². The van der Waals surface area contributed by atoms with Gasteiger partial charge in [-0.3, -0.25) is 9.59 Å². The summed E-state index contributed by atoms with van der Waals surface area (Å²) in [6.45, 7) is 1.48. The Kier molecular flexibility index (Phi) is 4.92. The zero-order valence-corrected chi connectivity index (χ0v) is 15.2. The Morgan fingerprint density at radius 1 is 1.00 bits per heavy atom. The van der Waals surface area contributed by atoms with Crippen molar-refractivity contribution >= 4 is 28.4 Å². The first kappa shape index (κ1) is 17.3. The Labute approximate surface area is 158 Å². The number of carbonyl (C=O) groups excluding carboxylic acids is 2. The summed E-state index contributed by atoms with van der Waals surface area (Å²) in [5.41, 5.74) is 2.56. The predicted octanol–water partition coefficient (Wildman–Crippen LogP) is 3.81. The fourth-order valence-corrected chi connectivity index (χ4v) is 3.18. The van der Waals surface area contributed by atoms with Crippen LogP contribution in [-0.4, -0.2) is 22.9 Å². The summed E-state index contributed by atoms with van der Waals surface area (Å²) < 4.78 is 2.21. The minimum atomic E-state index is -0.0903. The van der Waals surface area contributed by atoms with Crippen molar-refractivity contribution in [2.45, 2.75) is 25.8 Å². The van der Waals surface area contributed by atoms with Crippen LogP contribution in [0.1, 0.15) is 29.6 Å². The molecule has 0 radical (unpaired) electrons. The molecule has 2 amide bonds. The van der Waals surface area contributed by atoms with Gasteiger partial charge in [0, 0.05) is 42.0 Å². The largest absolute Gasteiger partial charge is 0.352 e. The van der Waals surface area contributed by atoms with Crippen LogP contribution in [0.2, 0.25) is 0 Å². The molecule has 138 valence electrons. The highest BCUT2D eigenvalue weighted by molar-refractivity contribution is 5.96. The summed E-state index contributed by atoms with van der Waals surface area (Å²) in [5, 5.41) is 7.07. The van der Waals surface area contributed by atoms with E-state index in [-0.39, 0.29) is 17.7 Å². The fourth-order valence-electron chi connectivity index (χ4n) is 3.18. The molecule has 1 fully saturated rings. The van der Waals surface area contributed by atoms with Gasteiger partial charge in [-0.25, -0.2) is 0 Å². The number of amides is 2. The van der Waals surface area contributed by atoms with Crippen LogP contribution in [-0.2, 0) is 11.3 Å². The van der Waals surface area contributed by atoms with E-state index in [0.29, 0.717) is 12.1 Å². The van der Waals surface area contributed by atoms with E-state index in [1.807, 2.05) is 12.1 Å². The topological polar surface area (TPSA) is 63.1 Å². The summed E-state index contributed by atoms with van der Waals surface area (Å²) in [6.07, 6.45) is 4.90. The molecule has 5 heteroatoms. The van der Waals surface area contributed by atoms with Crippen molar-refractivity contribution in [2.24, 2.45) is 5.92 Å². The highest BCUT2D eigenvalue weighted by Crippen LogP contribution is 2.30. The van der Waals surface area contributed by atoms with Crippen molar-refractivity contribution in [2.75, 3.05) is 11.9 Å². The van der Waals surface area contributed by atoms with Gasteiger partial charge in [-0.05, 0) is 61.0 Å². The molecule has 0 saturated heterocycles. The summed E-state index contributed by atoms with van der Waals surface area (Å²) in [4.78, 5) is 24.0. The lowest BCUT2D eigenvalue weighted by molar-refractivity contribution is -0.117. The molecule has 1 saturated carbocycles. The van der Waals surface area contributed by atoms with Crippen LogP contribution in [0.4, 0.5) is 5.69 Å². The summed E-state index contributed by atoms with van der Waals surface area (Å²) in [7, 11) is 0. The van der Waals surface area contributed by atoms with E-state index >= 15 is 0 Å². The molecule has 0 aliphatic heterocycles. The molecule has 0 unspecified atom stereocenters. The highest BCUT2D eigenvalue weighted by Gasteiger charge is 2.29. The Morgan fingerprint density at radius 3 is 2.56 bits per heavy atom. The van der Waals surface area contributed by atoms with Gasteiger partial charge in [0.15, 0.2) is 0 Å². The number of fused-ring (bicyclic) bond motifs is 1. The van der Waals surface area contributed by atoms with Gasteiger partial charge in [0.1, 0.15) is 0 Å². The number of anilines is 1. The second-order valence-corrected chi connectivity index (χ2v) is 7.02. The summed E-state index contributed by atoms with van der Waals surface area (Å²) >= 11 is 0. The molecule has 1 heterocycles. The number of rotatable bonds is 7. The van der Waals surface area contributed by atoms with Gasteiger partial charge in [-0.1, -0.05) is 18.2 Å². The highest BCUT2D eigenvalue weighted by atomic mass is 16.2. The van der Waals surface area contributed by atoms with Crippen LogP contribution in [0.3, 0.4) is 0 Å². The third-order valence-electron chi connectivity index (χ3n) is 4.90. The summed E-state index contributed by atoms with van der Waals surface area (Å²) in [5.74, 6) is 0.155. The molecule has 27 heavy (non-hydrogen) atoms. The van der Waals surface area contributed by atoms with Gasteiger partial charge in [0.25, 0.3) is 5.91 Å². The number of aromatic nitrogens is 1. The number of nitrogens with one attached hydrogen (secondary N) is 2. The summed E-state index contributed by atoms with van der Waals surface area (Å²) in [6, 6.07) is 17.4. The molecule has 2 aromatic carbocycles. The van der Waals surface area contributed by atoms with Crippen molar-refractivity contribution in [1.29, 1.82) is 0 Å². The van der Waals surface area contributed by atoms with Crippen LogP contribution in [0, 0.1) is 5.92 Å². The van der Waals surface area contributed by atoms with Gasteiger partial charge in [0.05, 0.1) is 0 Å². The van der Waals surface area contributed by atoms with Gasteiger partial charge in [0.2, 0.25) is 5.91 Å². The Hall–Kier alpha value is -3.08. The molecule has 4 rings (SSSR count). The number of hydrogen-bond donors (Lipinski definition) is 2. The maximum Gasteiger partial charge on any atom is 0.251 e. The van der Waals surface area contributed by atoms with Crippen molar-refractivity contribution < 1.29 is 9.59 Å². The molecule has 1 aliphatic rings. The molecule has 3 aromatic rings. The Bertz CT molecular complexity index is 955. The normalized spacial score (nSPS) is 13.5. The van der Waals surface area contributed by atoms with Gasteiger partial charge in [-0.2, -0.15) is 0 Å². The van der Waals surface area contributed by atoms with E-state index in [1.54, 1.807) is 24.3 Å². The number of aryl methyl sites for hydroxylation is 1. The van der Waals surface area contributed by atoms with E-state index in [0.717, 1.165) is 31.5 Å². The standard InChI is InChI=1S/C22H23N3O2/c26-21(17-8-10-19(11-9-17)24-22(27)18-6-7-18)23-13-3-14-25-15-12-16-4-1-2-5-20(16)25/h1-2,4-5,8-12,15,18H,3,6-7,13-14H2,(H,23,26)(H,24,27). The Morgan fingerprint density at radius 2 is 1.78 bits per heavy atom. The first-order valence-corrected chi connectivity index (χ1v) is 9.44. The SMILES string of the molecule is O=C(NCCCn1ccc2ccccc21)c1ccc(NC(=O)C2CC2)cc1. The van der Waals surface area contributed by atoms with Crippen molar-refractivity contribution in [1.82, 2.24) is 9.88 Å². The minimum Gasteiger partial charge on any atom is -0.352 e. The van der Waals surface area contributed by atoms with Crippen LogP contribution in [0.5, 0.6) is 0 Å². The molecule has 0 atom stereocenters. The van der Waals surface area contributed by atoms with Crippen LogP contribution in [0.25, 0.3) is 10.9 Å². The minimum absolute atomic E-state index is 0.0738. The number of benzene rings is 2. The molecule has 0 bridgehead atoms. The quantitative estimate of drug-likeness (QED) is 0.629. The third kappa shape index (κ3) is 4.19. The zero-order valence-electron chi connectivity index (χ0n) is 15.2. The van der Waals surface area contributed by atoms with Gasteiger partial charge >= 0.3 is 0 Å². The monoisotopic (exact) mass is 361 g/mol. The zero-order chi connectivity index (χ0) is 18.6. The Balaban J connectivity index is 1.24. The fraction of sp³-hybridized carbons (Fsp3) is 0.273.